The van der Waals surface area contributed by atoms with Gasteiger partial charge in [-0.15, -0.1) is 11.3 Å². The van der Waals surface area contributed by atoms with Crippen LogP contribution in [-0.2, 0) is 0 Å². The van der Waals surface area contributed by atoms with E-state index in [2.05, 4.69) is 5.10 Å². The fourth-order valence-corrected chi connectivity index (χ4v) is 5.22. The Labute approximate surface area is 164 Å². The van der Waals surface area contributed by atoms with Crippen LogP contribution in [0.4, 0.5) is 0 Å². The summed E-state index contributed by atoms with van der Waals surface area (Å²) in [6, 6.07) is 17.9. The highest BCUT2D eigenvalue weighted by Crippen LogP contribution is 2.37. The van der Waals surface area contributed by atoms with Crippen LogP contribution in [0, 0.1) is 13.8 Å². The van der Waals surface area contributed by atoms with E-state index in [4.69, 9.17) is 11.6 Å². The quantitative estimate of drug-likeness (QED) is 0.411. The molecule has 0 fully saturated rings. The van der Waals surface area contributed by atoms with Crippen molar-refractivity contribution in [3.8, 4) is 0 Å². The molecule has 0 aliphatic heterocycles. The maximum absolute atomic E-state index is 13.1. The molecule has 0 radical (unpaired) electrons. The molecule has 0 unspecified atom stereocenters. The Balaban J connectivity index is 1.74. The van der Waals surface area contributed by atoms with Crippen LogP contribution < -0.4 is 0 Å². The van der Waals surface area contributed by atoms with Gasteiger partial charge >= 0.3 is 0 Å². The number of aromatic nitrogens is 2. The smallest absolute Gasteiger partial charge is 0.266 e. The zero-order valence-electron chi connectivity index (χ0n) is 14.2. The van der Waals surface area contributed by atoms with Crippen LogP contribution in [0.2, 0.25) is 5.02 Å². The first-order valence-electron chi connectivity index (χ1n) is 8.07. The Kier molecular flexibility index (Phi) is 4.61. The molecular formula is C20H15ClN2OS2. The molecule has 2 aromatic carbocycles. The molecule has 4 rings (SSSR count). The lowest BCUT2D eigenvalue weighted by Gasteiger charge is -2.04. The summed E-state index contributed by atoms with van der Waals surface area (Å²) in [5.41, 5.74) is 1.66. The predicted octanol–water partition coefficient (Wildman–Crippen LogP) is 6.21. The maximum Gasteiger partial charge on any atom is 0.290 e. The Morgan fingerprint density at radius 3 is 2.50 bits per heavy atom. The first-order valence-corrected chi connectivity index (χ1v) is 10.1. The van der Waals surface area contributed by atoms with Gasteiger partial charge in [-0.05, 0) is 32.0 Å². The van der Waals surface area contributed by atoms with E-state index < -0.39 is 0 Å². The van der Waals surface area contributed by atoms with E-state index in [0.29, 0.717) is 9.90 Å². The third-order valence-corrected chi connectivity index (χ3v) is 7.08. The Morgan fingerprint density at radius 1 is 1.08 bits per heavy atom. The van der Waals surface area contributed by atoms with Crippen LogP contribution in [-0.4, -0.2) is 15.7 Å². The molecule has 0 bridgehead atoms. The fraction of sp³-hybridized carbons (Fsp3) is 0.100. The van der Waals surface area contributed by atoms with Crippen molar-refractivity contribution < 1.29 is 4.79 Å². The van der Waals surface area contributed by atoms with Crippen molar-refractivity contribution in [2.75, 3.05) is 0 Å². The number of nitrogens with zero attached hydrogens (tertiary/aromatic N) is 2. The molecule has 0 spiro atoms. The lowest BCUT2D eigenvalue weighted by atomic mass is 10.2. The maximum atomic E-state index is 13.1. The van der Waals surface area contributed by atoms with Gasteiger partial charge in [0.15, 0.2) is 0 Å². The number of halogens is 1. The highest BCUT2D eigenvalue weighted by molar-refractivity contribution is 7.99. The van der Waals surface area contributed by atoms with Crippen LogP contribution in [0.15, 0.2) is 64.4 Å². The second-order valence-corrected chi connectivity index (χ2v) is 8.39. The minimum absolute atomic E-state index is 0.184. The summed E-state index contributed by atoms with van der Waals surface area (Å²) >= 11 is 9.50. The monoisotopic (exact) mass is 398 g/mol. The number of benzene rings is 2. The number of hydrogen-bond donors (Lipinski definition) is 0. The zero-order valence-corrected chi connectivity index (χ0v) is 16.6. The van der Waals surface area contributed by atoms with Gasteiger partial charge in [-0.1, -0.05) is 59.8 Å². The molecule has 0 saturated heterocycles. The molecule has 4 aromatic rings. The van der Waals surface area contributed by atoms with Crippen LogP contribution in [0.3, 0.4) is 0 Å². The molecule has 2 aromatic heterocycles. The largest absolute Gasteiger partial charge is 0.290 e. The fourth-order valence-electron chi connectivity index (χ4n) is 2.83. The van der Waals surface area contributed by atoms with Gasteiger partial charge in [-0.3, -0.25) is 4.79 Å². The molecule has 0 aliphatic carbocycles. The number of fused-ring (bicyclic) bond motifs is 1. The van der Waals surface area contributed by atoms with Crippen molar-refractivity contribution in [1.29, 1.82) is 0 Å². The van der Waals surface area contributed by atoms with Crippen molar-refractivity contribution >= 4 is 50.7 Å². The van der Waals surface area contributed by atoms with E-state index in [1.54, 1.807) is 11.8 Å². The number of thiophene rings is 1. The van der Waals surface area contributed by atoms with E-state index in [-0.39, 0.29) is 5.91 Å². The topological polar surface area (TPSA) is 34.9 Å². The zero-order chi connectivity index (χ0) is 18.3. The average Bonchev–Trinajstić information content (AvgIpc) is 3.14. The minimum atomic E-state index is -0.184. The third-order valence-electron chi connectivity index (χ3n) is 4.11. The molecule has 0 atom stereocenters. The standard InChI is InChI=1S/C20H15ClN2OS2/c1-12-18(25-14-8-4-3-5-9-14)13(2)23(22-12)20(24)19-17(21)15-10-6-7-11-16(15)26-19/h3-11H,1-2H3. The molecule has 2 heterocycles. The second-order valence-electron chi connectivity index (χ2n) is 5.87. The normalized spacial score (nSPS) is 11.2. The molecule has 6 heteroatoms. The molecule has 0 aliphatic rings. The molecule has 26 heavy (non-hydrogen) atoms. The minimum Gasteiger partial charge on any atom is -0.266 e. The third kappa shape index (κ3) is 2.96. The molecule has 3 nitrogen and oxygen atoms in total. The number of aryl methyl sites for hydroxylation is 1. The summed E-state index contributed by atoms with van der Waals surface area (Å²) in [7, 11) is 0. The molecule has 0 saturated carbocycles. The number of hydrogen-bond acceptors (Lipinski definition) is 4. The Morgan fingerprint density at radius 2 is 1.77 bits per heavy atom. The van der Waals surface area contributed by atoms with Gasteiger partial charge < -0.3 is 0 Å². The SMILES string of the molecule is Cc1nn(C(=O)c2sc3ccccc3c2Cl)c(C)c1Sc1ccccc1. The van der Waals surface area contributed by atoms with Crippen molar-refractivity contribution in [1.82, 2.24) is 9.78 Å². The van der Waals surface area contributed by atoms with E-state index in [0.717, 1.165) is 31.3 Å². The van der Waals surface area contributed by atoms with Gasteiger partial charge in [-0.25, -0.2) is 0 Å². The van der Waals surface area contributed by atoms with E-state index in [1.807, 2.05) is 68.4 Å². The first-order chi connectivity index (χ1) is 12.6. The van der Waals surface area contributed by atoms with Crippen LogP contribution in [0.5, 0.6) is 0 Å². The number of carbonyl (C=O) groups excluding carboxylic acids is 1. The average molecular weight is 399 g/mol. The Hall–Kier alpha value is -2.08. The highest BCUT2D eigenvalue weighted by Gasteiger charge is 2.23. The summed E-state index contributed by atoms with van der Waals surface area (Å²) in [6.07, 6.45) is 0. The van der Waals surface area contributed by atoms with Gasteiger partial charge in [-0.2, -0.15) is 9.78 Å². The van der Waals surface area contributed by atoms with Crippen molar-refractivity contribution in [2.45, 2.75) is 23.6 Å². The van der Waals surface area contributed by atoms with Crippen LogP contribution in [0.1, 0.15) is 21.1 Å². The van der Waals surface area contributed by atoms with Crippen LogP contribution in [0.25, 0.3) is 10.1 Å². The second kappa shape index (κ2) is 6.91. The molecule has 0 amide bonds. The van der Waals surface area contributed by atoms with Crippen molar-refractivity contribution in [3.05, 3.63) is 75.9 Å². The van der Waals surface area contributed by atoms with E-state index in [1.165, 1.54) is 16.0 Å². The highest BCUT2D eigenvalue weighted by atomic mass is 35.5. The summed E-state index contributed by atoms with van der Waals surface area (Å²) in [6.45, 7) is 3.85. The summed E-state index contributed by atoms with van der Waals surface area (Å²) < 4.78 is 2.47. The number of rotatable bonds is 3. The predicted molar refractivity (Wildman–Crippen MR) is 109 cm³/mol. The Bertz CT molecular complexity index is 1120. The summed E-state index contributed by atoms with van der Waals surface area (Å²) in [5, 5.41) is 5.89. The number of carbonyl (C=O) groups is 1. The van der Waals surface area contributed by atoms with Gasteiger partial charge in [0.05, 0.1) is 21.3 Å². The lowest BCUT2D eigenvalue weighted by Crippen LogP contribution is -2.14. The lowest BCUT2D eigenvalue weighted by molar-refractivity contribution is 0.0946. The molecule has 130 valence electrons. The molecular weight excluding hydrogens is 384 g/mol. The van der Waals surface area contributed by atoms with Gasteiger partial charge in [0.1, 0.15) is 4.88 Å². The van der Waals surface area contributed by atoms with Crippen molar-refractivity contribution in [3.63, 3.8) is 0 Å². The van der Waals surface area contributed by atoms with Gasteiger partial charge in [0.2, 0.25) is 0 Å². The van der Waals surface area contributed by atoms with Crippen LogP contribution >= 0.6 is 34.7 Å². The van der Waals surface area contributed by atoms with Gasteiger partial charge in [0, 0.05) is 15.0 Å². The first kappa shape index (κ1) is 17.3. The van der Waals surface area contributed by atoms with Gasteiger partial charge in [0.25, 0.3) is 5.91 Å². The van der Waals surface area contributed by atoms with E-state index in [9.17, 15) is 4.79 Å². The van der Waals surface area contributed by atoms with E-state index >= 15 is 0 Å². The summed E-state index contributed by atoms with van der Waals surface area (Å²) in [5.74, 6) is -0.184. The molecule has 0 N–H and O–H groups in total. The van der Waals surface area contributed by atoms with Crippen molar-refractivity contribution in [2.24, 2.45) is 0 Å². The summed E-state index contributed by atoms with van der Waals surface area (Å²) in [4.78, 5) is 15.7.